The number of rotatable bonds is 4. The molecule has 0 bridgehead atoms. The van der Waals surface area contributed by atoms with Crippen molar-refractivity contribution in [2.24, 2.45) is 0 Å². The first kappa shape index (κ1) is 19.7. The fraction of sp³-hybridized carbons (Fsp3) is 0.318. The second kappa shape index (κ2) is 7.19. The van der Waals surface area contributed by atoms with Crippen LogP contribution in [0.1, 0.15) is 18.9 Å². The maximum atomic E-state index is 12.9. The summed E-state index contributed by atoms with van der Waals surface area (Å²) in [6.45, 7) is 3.19. The molecule has 0 fully saturated rings. The number of fused-ring (bicyclic) bond motifs is 4. The number of amides is 2. The van der Waals surface area contributed by atoms with Gasteiger partial charge in [0.2, 0.25) is 17.8 Å². The number of sulfone groups is 1. The van der Waals surface area contributed by atoms with Crippen LogP contribution in [0.25, 0.3) is 11.0 Å². The molecule has 0 unspecified atom stereocenters. The van der Waals surface area contributed by atoms with Crippen LogP contribution in [-0.2, 0) is 32.4 Å². The van der Waals surface area contributed by atoms with Crippen LogP contribution in [0, 0.1) is 0 Å². The molecule has 0 N–H and O–H groups in total. The second-order valence-electron chi connectivity index (χ2n) is 7.88. The fourth-order valence-corrected chi connectivity index (χ4v) is 5.67. The maximum Gasteiger partial charge on any atom is 0.230 e. The van der Waals surface area contributed by atoms with Gasteiger partial charge in [0.15, 0.2) is 9.84 Å². The van der Waals surface area contributed by atoms with Crippen molar-refractivity contribution in [3.63, 3.8) is 0 Å². The number of aromatic nitrogens is 2. The lowest BCUT2D eigenvalue weighted by Crippen LogP contribution is -2.31. The monoisotopic (exact) mass is 438 g/mol. The number of anilines is 2. The van der Waals surface area contributed by atoms with E-state index in [4.69, 9.17) is 0 Å². The Balaban J connectivity index is 1.32. The number of benzene rings is 2. The Labute approximate surface area is 180 Å². The van der Waals surface area contributed by atoms with E-state index < -0.39 is 9.84 Å². The Morgan fingerprint density at radius 2 is 1.84 bits per heavy atom. The predicted molar refractivity (Wildman–Crippen MR) is 117 cm³/mol. The molecular weight excluding hydrogens is 416 g/mol. The Morgan fingerprint density at radius 1 is 1.03 bits per heavy atom. The topological polar surface area (TPSA) is 92.6 Å². The van der Waals surface area contributed by atoms with Crippen LogP contribution in [0.2, 0.25) is 0 Å². The van der Waals surface area contributed by atoms with Crippen LogP contribution in [0.3, 0.4) is 0 Å². The lowest BCUT2D eigenvalue weighted by Gasteiger charge is -2.15. The van der Waals surface area contributed by atoms with Crippen LogP contribution >= 0.6 is 0 Å². The van der Waals surface area contributed by atoms with Gasteiger partial charge < -0.3 is 9.47 Å². The van der Waals surface area contributed by atoms with E-state index in [1.165, 1.54) is 13.0 Å². The molecule has 0 radical (unpaired) electrons. The van der Waals surface area contributed by atoms with Crippen molar-refractivity contribution in [1.29, 1.82) is 0 Å². The minimum absolute atomic E-state index is 0.0587. The Morgan fingerprint density at radius 3 is 2.65 bits per heavy atom. The second-order valence-corrected chi connectivity index (χ2v) is 9.99. The van der Waals surface area contributed by atoms with E-state index in [-0.39, 0.29) is 28.9 Å². The van der Waals surface area contributed by atoms with Gasteiger partial charge >= 0.3 is 0 Å². The van der Waals surface area contributed by atoms with Gasteiger partial charge in [-0.15, -0.1) is 0 Å². The number of hydrogen-bond donors (Lipinski definition) is 0. The van der Waals surface area contributed by atoms with Crippen molar-refractivity contribution in [3.8, 4) is 0 Å². The maximum absolute atomic E-state index is 12.9. The Hall–Kier alpha value is -3.20. The number of nitrogens with zero attached hydrogens (tertiary/aromatic N) is 4. The van der Waals surface area contributed by atoms with Crippen LogP contribution < -0.4 is 9.80 Å². The highest BCUT2D eigenvalue weighted by Gasteiger charge is 2.30. The Bertz CT molecular complexity index is 1330. The summed E-state index contributed by atoms with van der Waals surface area (Å²) in [4.78, 5) is 32.5. The lowest BCUT2D eigenvalue weighted by atomic mass is 10.2. The lowest BCUT2D eigenvalue weighted by molar-refractivity contribution is -0.118. The summed E-state index contributed by atoms with van der Waals surface area (Å²) in [5.41, 5.74) is 3.40. The number of hydrogen-bond acceptors (Lipinski definition) is 5. The largest absolute Gasteiger partial charge is 0.312 e. The van der Waals surface area contributed by atoms with E-state index in [0.29, 0.717) is 32.0 Å². The molecule has 0 saturated carbocycles. The van der Waals surface area contributed by atoms with Gasteiger partial charge in [-0.05, 0) is 42.3 Å². The molecule has 3 aromatic rings. The fourth-order valence-electron chi connectivity index (χ4n) is 4.40. The molecular formula is C22H22N4O4S. The van der Waals surface area contributed by atoms with E-state index in [1.54, 1.807) is 21.9 Å². The zero-order chi connectivity index (χ0) is 21.8. The molecule has 0 saturated heterocycles. The van der Waals surface area contributed by atoms with Gasteiger partial charge in [0, 0.05) is 38.7 Å². The van der Waals surface area contributed by atoms with E-state index in [9.17, 15) is 18.0 Å². The summed E-state index contributed by atoms with van der Waals surface area (Å²) in [7, 11) is -3.62. The SMILES string of the molecule is CC(=O)N1CCc2cc(S(=O)(=O)CCC(=O)N3CCn4c3nc3ccccc34)ccc21. The highest BCUT2D eigenvalue weighted by Crippen LogP contribution is 2.31. The van der Waals surface area contributed by atoms with Gasteiger partial charge in [-0.1, -0.05) is 12.1 Å². The van der Waals surface area contributed by atoms with Crippen molar-refractivity contribution < 1.29 is 18.0 Å². The molecule has 2 aliphatic rings. The minimum Gasteiger partial charge on any atom is -0.312 e. The summed E-state index contributed by atoms with van der Waals surface area (Å²) in [5, 5.41) is 0. The van der Waals surface area contributed by atoms with Gasteiger partial charge in [-0.2, -0.15) is 0 Å². The van der Waals surface area contributed by atoms with Crippen molar-refractivity contribution in [3.05, 3.63) is 48.0 Å². The van der Waals surface area contributed by atoms with Crippen LogP contribution in [0.4, 0.5) is 11.6 Å². The van der Waals surface area contributed by atoms with Crippen molar-refractivity contribution in [2.45, 2.75) is 31.2 Å². The average molecular weight is 439 g/mol. The van der Waals surface area contributed by atoms with Gasteiger partial charge in [-0.3, -0.25) is 14.5 Å². The molecule has 0 spiro atoms. The van der Waals surface area contributed by atoms with E-state index in [2.05, 4.69) is 4.98 Å². The average Bonchev–Trinajstić information content (AvgIpc) is 3.44. The molecule has 5 rings (SSSR count). The number of imidazole rings is 1. The van der Waals surface area contributed by atoms with E-state index >= 15 is 0 Å². The zero-order valence-electron chi connectivity index (χ0n) is 17.1. The smallest absolute Gasteiger partial charge is 0.230 e. The number of para-hydroxylation sites is 2. The first-order chi connectivity index (χ1) is 14.8. The molecule has 2 amide bonds. The molecule has 160 valence electrons. The quantitative estimate of drug-likeness (QED) is 0.622. The van der Waals surface area contributed by atoms with Gasteiger partial charge in [0.05, 0.1) is 21.7 Å². The highest BCUT2D eigenvalue weighted by molar-refractivity contribution is 7.91. The minimum atomic E-state index is -3.62. The third kappa shape index (κ3) is 3.29. The summed E-state index contributed by atoms with van der Waals surface area (Å²) in [6, 6.07) is 12.5. The van der Waals surface area contributed by atoms with Crippen molar-refractivity contribution >= 4 is 44.3 Å². The first-order valence-electron chi connectivity index (χ1n) is 10.2. The van der Waals surface area contributed by atoms with Crippen molar-refractivity contribution in [1.82, 2.24) is 9.55 Å². The number of carbonyl (C=O) groups is 2. The van der Waals surface area contributed by atoms with E-state index in [1.807, 2.05) is 28.8 Å². The molecule has 31 heavy (non-hydrogen) atoms. The summed E-state index contributed by atoms with van der Waals surface area (Å²) >= 11 is 0. The van der Waals surface area contributed by atoms with Crippen molar-refractivity contribution in [2.75, 3.05) is 28.6 Å². The van der Waals surface area contributed by atoms with Gasteiger partial charge in [-0.25, -0.2) is 13.4 Å². The molecule has 2 aromatic carbocycles. The molecule has 0 aliphatic carbocycles. The number of carbonyl (C=O) groups excluding carboxylic acids is 2. The van der Waals surface area contributed by atoms with Gasteiger partial charge in [0.25, 0.3) is 0 Å². The predicted octanol–water partition coefficient (Wildman–Crippen LogP) is 2.16. The van der Waals surface area contributed by atoms with Crippen LogP contribution in [-0.4, -0.2) is 48.6 Å². The normalized spacial score (nSPS) is 15.4. The molecule has 1 aromatic heterocycles. The molecule has 9 heteroatoms. The molecule has 8 nitrogen and oxygen atoms in total. The highest BCUT2D eigenvalue weighted by atomic mass is 32.2. The summed E-state index contributed by atoms with van der Waals surface area (Å²) < 4.78 is 27.8. The summed E-state index contributed by atoms with van der Waals surface area (Å²) in [5.74, 6) is 0.00111. The van der Waals surface area contributed by atoms with Crippen LogP contribution in [0.5, 0.6) is 0 Å². The molecule has 0 atom stereocenters. The third-order valence-corrected chi connectivity index (χ3v) is 7.71. The summed E-state index contributed by atoms with van der Waals surface area (Å²) in [6.07, 6.45) is 0.517. The molecule has 3 heterocycles. The molecule has 2 aliphatic heterocycles. The van der Waals surface area contributed by atoms with Gasteiger partial charge in [0.1, 0.15) is 0 Å². The first-order valence-corrected chi connectivity index (χ1v) is 11.9. The Kier molecular flexibility index (Phi) is 4.58. The van der Waals surface area contributed by atoms with E-state index in [0.717, 1.165) is 22.3 Å². The van der Waals surface area contributed by atoms with Crippen LogP contribution in [0.15, 0.2) is 47.4 Å². The third-order valence-electron chi connectivity index (χ3n) is 5.99. The zero-order valence-corrected chi connectivity index (χ0v) is 17.9. The standard InChI is InChI=1S/C22H22N4O4S/c1-15(27)24-10-8-16-14-17(6-7-19(16)24)31(29,30)13-9-21(28)26-12-11-25-20-5-3-2-4-18(20)23-22(25)26/h2-7,14H,8-13H2,1H3.